The first kappa shape index (κ1) is 26.9. The average Bonchev–Trinajstić information content (AvgIpc) is 2.90. The van der Waals surface area contributed by atoms with E-state index in [4.69, 9.17) is 9.30 Å². The molecule has 0 saturated carbocycles. The number of rotatable bonds is 2. The molecule has 0 spiro atoms. The Labute approximate surface area is 128 Å². The van der Waals surface area contributed by atoms with Crippen LogP contribution in [-0.2, 0) is 37.5 Å². The SMILES string of the molecule is CC(C)(C)CCS(=O)[O-].[C-]#[O+].[C-]#[O+].[Fe+6].c1cc[cH-]c1. The first-order chi connectivity index (χ1) is 8.42. The summed E-state index contributed by atoms with van der Waals surface area (Å²) in [6.07, 6.45) is 0.739. The van der Waals surface area contributed by atoms with Gasteiger partial charge in [-0.25, -0.2) is 12.1 Å². The van der Waals surface area contributed by atoms with Gasteiger partial charge >= 0.3 is 39.7 Å². The number of hydrogen-bond acceptors (Lipinski definition) is 2. The van der Waals surface area contributed by atoms with Gasteiger partial charge in [-0.1, -0.05) is 31.9 Å². The predicted octanol–water partition coefficient (Wildman–Crippen LogP) is 2.63. The fraction of sp³-hybridized carbons (Fsp3) is 0.462. The molecule has 0 saturated heterocycles. The van der Waals surface area contributed by atoms with Gasteiger partial charge in [-0.2, -0.15) is 18.2 Å². The second kappa shape index (κ2) is 19.8. The molecule has 1 atom stereocenters. The van der Waals surface area contributed by atoms with Crippen molar-refractivity contribution in [3.8, 4) is 0 Å². The van der Waals surface area contributed by atoms with Gasteiger partial charge in [-0.05, 0) is 11.8 Å². The first-order valence-corrected chi connectivity index (χ1v) is 6.29. The number of hydrogen-bond donors (Lipinski definition) is 0. The maximum absolute atomic E-state index is 10.0. The molecular weight excluding hydrogens is 308 g/mol. The summed E-state index contributed by atoms with van der Waals surface area (Å²) in [6, 6.07) is 10.0. The minimum Gasteiger partial charge on any atom is -0.214 e. The van der Waals surface area contributed by atoms with Crippen molar-refractivity contribution >= 4 is 11.1 Å². The van der Waals surface area contributed by atoms with Gasteiger partial charge in [0, 0.05) is 5.75 Å². The summed E-state index contributed by atoms with van der Waals surface area (Å²) in [6.45, 7) is 15.1. The van der Waals surface area contributed by atoms with Crippen LogP contribution in [0.2, 0.25) is 0 Å². The third-order valence-electron chi connectivity index (χ3n) is 1.57. The molecule has 0 bridgehead atoms. The largest absolute Gasteiger partial charge is 6.00 e. The Morgan fingerprint density at radius 1 is 1.16 bits per heavy atom. The van der Waals surface area contributed by atoms with Gasteiger partial charge in [0.25, 0.3) is 0 Å². The molecule has 19 heavy (non-hydrogen) atoms. The van der Waals surface area contributed by atoms with Gasteiger partial charge in [-0.3, -0.25) is 4.21 Å². The summed E-state index contributed by atoms with van der Waals surface area (Å²) in [5.41, 5.74) is 0.139. The molecule has 0 aliphatic carbocycles. The standard InChI is InChI=1S/C6H14O2S.C5H5.2CO.Fe/c1-6(2,3)4-5-9(7)8;1-2-4-5-3-1;2*1-2;/h4-5H2,1-3H3,(H,7,8);1-5H;;;/q;-1;;;+6/p-1. The molecule has 0 aliphatic heterocycles. The Kier molecular flexibility index (Phi) is 28.0. The van der Waals surface area contributed by atoms with Crippen LogP contribution in [0, 0.1) is 18.7 Å². The molecule has 0 heterocycles. The zero-order valence-corrected chi connectivity index (χ0v) is 13.1. The van der Waals surface area contributed by atoms with E-state index in [2.05, 4.69) is 13.3 Å². The van der Waals surface area contributed by atoms with Gasteiger partial charge in [0.1, 0.15) is 0 Å². The van der Waals surface area contributed by atoms with Crippen LogP contribution in [-0.4, -0.2) is 14.5 Å². The fourth-order valence-electron chi connectivity index (χ4n) is 0.710. The van der Waals surface area contributed by atoms with Crippen molar-refractivity contribution in [3.63, 3.8) is 0 Å². The van der Waals surface area contributed by atoms with E-state index in [0.717, 1.165) is 6.42 Å². The zero-order valence-electron chi connectivity index (χ0n) is 11.2. The van der Waals surface area contributed by atoms with Crippen molar-refractivity contribution in [2.45, 2.75) is 27.2 Å². The van der Waals surface area contributed by atoms with Crippen LogP contribution >= 0.6 is 0 Å². The van der Waals surface area contributed by atoms with Gasteiger partial charge in [0.2, 0.25) is 0 Å². The molecule has 0 aromatic heterocycles. The van der Waals surface area contributed by atoms with Gasteiger partial charge in [0.05, 0.1) is 0 Å². The Balaban J connectivity index is -0.0000000956. The van der Waals surface area contributed by atoms with Gasteiger partial charge in [-0.15, -0.1) is 0 Å². The van der Waals surface area contributed by atoms with E-state index in [1.165, 1.54) is 0 Å². The van der Waals surface area contributed by atoms with Gasteiger partial charge < -0.3 is 4.55 Å². The van der Waals surface area contributed by atoms with Crippen molar-refractivity contribution in [2.75, 3.05) is 5.75 Å². The Morgan fingerprint density at radius 3 is 1.63 bits per heavy atom. The average molecular weight is 326 g/mol. The molecule has 0 N–H and O–H groups in total. The maximum atomic E-state index is 10.0. The van der Waals surface area contributed by atoms with Crippen molar-refractivity contribution in [3.05, 3.63) is 43.6 Å². The van der Waals surface area contributed by atoms with Crippen molar-refractivity contribution in [2.24, 2.45) is 5.41 Å². The summed E-state index contributed by atoms with van der Waals surface area (Å²) in [5, 5.41) is 0. The van der Waals surface area contributed by atoms with E-state index >= 15 is 0 Å². The smallest absolute Gasteiger partial charge is 0.214 e. The molecule has 0 radical (unpaired) electrons. The second-order valence-electron chi connectivity index (χ2n) is 4.28. The predicted molar refractivity (Wildman–Crippen MR) is 67.8 cm³/mol. The van der Waals surface area contributed by atoms with Crippen molar-refractivity contribution < 1.29 is 35.1 Å². The van der Waals surface area contributed by atoms with Crippen LogP contribution in [0.5, 0.6) is 0 Å². The summed E-state index contributed by atoms with van der Waals surface area (Å²) in [7, 11) is 0. The van der Waals surface area contributed by atoms with Crippen LogP contribution < -0.4 is 0 Å². The normalized spacial score (nSPS) is 9.68. The third-order valence-corrected chi connectivity index (χ3v) is 2.11. The van der Waals surface area contributed by atoms with E-state index < -0.39 is 11.1 Å². The minimum atomic E-state index is -1.86. The molecule has 0 aliphatic rings. The second-order valence-corrected chi connectivity index (χ2v) is 5.30. The van der Waals surface area contributed by atoms with Crippen LogP contribution in [0.15, 0.2) is 30.3 Å². The van der Waals surface area contributed by atoms with Crippen LogP contribution in [0.3, 0.4) is 0 Å². The summed E-state index contributed by atoms with van der Waals surface area (Å²) < 4.78 is 35.1. The van der Waals surface area contributed by atoms with E-state index in [0.29, 0.717) is 0 Å². The molecule has 0 amide bonds. The molecule has 1 aromatic rings. The zero-order chi connectivity index (χ0) is 15.0. The molecule has 1 aromatic carbocycles. The molecule has 4 nitrogen and oxygen atoms in total. The monoisotopic (exact) mass is 326 g/mol. The van der Waals surface area contributed by atoms with Crippen LogP contribution in [0.4, 0.5) is 0 Å². The summed E-state index contributed by atoms with van der Waals surface area (Å²) in [4.78, 5) is 0. The summed E-state index contributed by atoms with van der Waals surface area (Å²) >= 11 is -1.86. The molecular formula is C13H18FeO4S+4. The minimum absolute atomic E-state index is 0. The fourth-order valence-corrected chi connectivity index (χ4v) is 1.49. The quantitative estimate of drug-likeness (QED) is 0.362. The first-order valence-electron chi connectivity index (χ1n) is 5.05. The van der Waals surface area contributed by atoms with E-state index in [1.54, 1.807) is 0 Å². The van der Waals surface area contributed by atoms with Gasteiger partial charge in [0.15, 0.2) is 0 Å². The van der Waals surface area contributed by atoms with Crippen LogP contribution in [0.25, 0.3) is 0 Å². The molecule has 1 unspecified atom stereocenters. The van der Waals surface area contributed by atoms with Crippen molar-refractivity contribution in [1.29, 1.82) is 0 Å². The van der Waals surface area contributed by atoms with E-state index in [-0.39, 0.29) is 28.2 Å². The molecule has 104 valence electrons. The topological polar surface area (TPSA) is 79.9 Å². The Morgan fingerprint density at radius 2 is 1.53 bits per heavy atom. The molecule has 0 fully saturated rings. The van der Waals surface area contributed by atoms with E-state index in [1.807, 2.05) is 51.1 Å². The van der Waals surface area contributed by atoms with Crippen LogP contribution in [0.1, 0.15) is 27.2 Å². The van der Waals surface area contributed by atoms with E-state index in [9.17, 15) is 8.76 Å². The molecule has 6 heteroatoms. The molecule has 1 rings (SSSR count). The third kappa shape index (κ3) is 38.1. The van der Waals surface area contributed by atoms with Crippen molar-refractivity contribution in [1.82, 2.24) is 0 Å². The Bertz CT molecular complexity index is 289. The maximum Gasteiger partial charge on any atom is 6.00 e. The summed E-state index contributed by atoms with van der Waals surface area (Å²) in [5.74, 6) is 0.281. The Hall–Kier alpha value is -0.541.